The van der Waals surface area contributed by atoms with Crippen molar-refractivity contribution in [2.45, 2.75) is 46.0 Å². The van der Waals surface area contributed by atoms with E-state index in [2.05, 4.69) is 30.6 Å². The zero-order chi connectivity index (χ0) is 17.2. The molecular formula is C20H30N2O2. The highest BCUT2D eigenvalue weighted by molar-refractivity contribution is 5.81. The van der Waals surface area contributed by atoms with Gasteiger partial charge in [0.1, 0.15) is 5.75 Å². The van der Waals surface area contributed by atoms with Gasteiger partial charge in [-0.2, -0.15) is 0 Å². The average molecular weight is 330 g/mol. The SMILES string of the molecule is CC(C)COc1ccccc1NCC(=O)NCCC1=CCCCC1. The van der Waals surface area contributed by atoms with Crippen molar-refractivity contribution < 1.29 is 9.53 Å². The first kappa shape index (κ1) is 18.4. The van der Waals surface area contributed by atoms with Crippen molar-refractivity contribution >= 4 is 11.6 Å². The molecule has 0 heterocycles. The highest BCUT2D eigenvalue weighted by Crippen LogP contribution is 2.24. The number of hydrogen-bond acceptors (Lipinski definition) is 3. The van der Waals surface area contributed by atoms with Crippen LogP contribution in [-0.4, -0.2) is 25.6 Å². The van der Waals surface area contributed by atoms with E-state index in [0.29, 0.717) is 12.5 Å². The Morgan fingerprint density at radius 2 is 2.08 bits per heavy atom. The number of rotatable bonds is 9. The minimum Gasteiger partial charge on any atom is -0.491 e. The van der Waals surface area contributed by atoms with Crippen LogP contribution in [0.25, 0.3) is 0 Å². The molecule has 0 unspecified atom stereocenters. The van der Waals surface area contributed by atoms with Gasteiger partial charge in [0.2, 0.25) is 5.91 Å². The minimum absolute atomic E-state index is 0.0186. The molecule has 1 aliphatic rings. The van der Waals surface area contributed by atoms with E-state index in [1.165, 1.54) is 31.3 Å². The molecule has 24 heavy (non-hydrogen) atoms. The Labute approximate surface area is 145 Å². The second-order valence-corrected chi connectivity index (χ2v) is 6.76. The summed E-state index contributed by atoms with van der Waals surface area (Å²) in [4.78, 5) is 12.0. The molecule has 0 spiro atoms. The van der Waals surface area contributed by atoms with Crippen LogP contribution in [0.2, 0.25) is 0 Å². The fourth-order valence-corrected chi connectivity index (χ4v) is 2.73. The van der Waals surface area contributed by atoms with Gasteiger partial charge in [-0.25, -0.2) is 0 Å². The number of benzene rings is 1. The normalized spacial score (nSPS) is 14.2. The van der Waals surface area contributed by atoms with Gasteiger partial charge in [-0.3, -0.25) is 4.79 Å². The van der Waals surface area contributed by atoms with Crippen LogP contribution in [0, 0.1) is 5.92 Å². The number of anilines is 1. The molecule has 2 N–H and O–H groups in total. The van der Waals surface area contributed by atoms with E-state index >= 15 is 0 Å². The molecule has 1 aliphatic carbocycles. The molecule has 0 atom stereocenters. The van der Waals surface area contributed by atoms with E-state index in [4.69, 9.17) is 4.74 Å². The molecule has 0 bridgehead atoms. The average Bonchev–Trinajstić information content (AvgIpc) is 2.59. The van der Waals surface area contributed by atoms with E-state index in [-0.39, 0.29) is 12.5 Å². The molecule has 0 radical (unpaired) electrons. The van der Waals surface area contributed by atoms with Gasteiger partial charge in [0.25, 0.3) is 0 Å². The van der Waals surface area contributed by atoms with Gasteiger partial charge < -0.3 is 15.4 Å². The van der Waals surface area contributed by atoms with Gasteiger partial charge in [-0.05, 0) is 50.2 Å². The Kier molecular flexibility index (Phi) is 7.66. The van der Waals surface area contributed by atoms with Crippen molar-refractivity contribution in [3.63, 3.8) is 0 Å². The highest BCUT2D eigenvalue weighted by Gasteiger charge is 2.07. The smallest absolute Gasteiger partial charge is 0.239 e. The van der Waals surface area contributed by atoms with Gasteiger partial charge in [0.15, 0.2) is 0 Å². The lowest BCUT2D eigenvalue weighted by Crippen LogP contribution is -2.31. The molecule has 1 aromatic carbocycles. The predicted octanol–water partition coefficient (Wildman–Crippen LogP) is 4.14. The summed E-state index contributed by atoms with van der Waals surface area (Å²) in [6, 6.07) is 7.75. The summed E-state index contributed by atoms with van der Waals surface area (Å²) in [6.07, 6.45) is 8.27. The molecular weight excluding hydrogens is 300 g/mol. The third kappa shape index (κ3) is 6.65. The number of carbonyl (C=O) groups is 1. The summed E-state index contributed by atoms with van der Waals surface area (Å²) in [7, 11) is 0. The number of carbonyl (C=O) groups excluding carboxylic acids is 1. The number of hydrogen-bond donors (Lipinski definition) is 2. The van der Waals surface area contributed by atoms with Crippen LogP contribution in [0.4, 0.5) is 5.69 Å². The van der Waals surface area contributed by atoms with Crippen LogP contribution in [0.3, 0.4) is 0 Å². The molecule has 4 nitrogen and oxygen atoms in total. The fraction of sp³-hybridized carbons (Fsp3) is 0.550. The van der Waals surface area contributed by atoms with Crippen LogP contribution in [0.5, 0.6) is 5.75 Å². The molecule has 0 saturated heterocycles. The van der Waals surface area contributed by atoms with Crippen molar-refractivity contribution in [1.82, 2.24) is 5.32 Å². The summed E-state index contributed by atoms with van der Waals surface area (Å²) in [6.45, 7) is 5.88. The third-order valence-corrected chi connectivity index (χ3v) is 4.05. The summed E-state index contributed by atoms with van der Waals surface area (Å²) >= 11 is 0. The van der Waals surface area contributed by atoms with Gasteiger partial charge in [-0.1, -0.05) is 37.6 Å². The van der Waals surface area contributed by atoms with Crippen LogP contribution in [-0.2, 0) is 4.79 Å². The Balaban J connectivity index is 1.72. The van der Waals surface area contributed by atoms with Crippen LogP contribution >= 0.6 is 0 Å². The molecule has 0 fully saturated rings. The molecule has 2 rings (SSSR count). The molecule has 0 aromatic heterocycles. The van der Waals surface area contributed by atoms with Crippen molar-refractivity contribution in [3.05, 3.63) is 35.9 Å². The predicted molar refractivity (Wildman–Crippen MR) is 99.4 cm³/mol. The summed E-state index contributed by atoms with van der Waals surface area (Å²) in [5, 5.41) is 6.16. The maximum atomic E-state index is 12.0. The first-order chi connectivity index (χ1) is 11.6. The number of ether oxygens (including phenoxy) is 1. The Bertz CT molecular complexity index is 552. The number of nitrogens with one attached hydrogen (secondary N) is 2. The number of amides is 1. The lowest BCUT2D eigenvalue weighted by molar-refractivity contribution is -0.119. The van der Waals surface area contributed by atoms with E-state index in [0.717, 1.165) is 24.4 Å². The summed E-state index contributed by atoms with van der Waals surface area (Å²) in [5.41, 5.74) is 2.35. The third-order valence-electron chi connectivity index (χ3n) is 4.05. The molecule has 0 aliphatic heterocycles. The molecule has 1 amide bonds. The van der Waals surface area contributed by atoms with Crippen molar-refractivity contribution in [1.29, 1.82) is 0 Å². The Morgan fingerprint density at radius 1 is 1.25 bits per heavy atom. The maximum Gasteiger partial charge on any atom is 0.239 e. The minimum atomic E-state index is 0.0186. The monoisotopic (exact) mass is 330 g/mol. The van der Waals surface area contributed by atoms with Gasteiger partial charge in [-0.15, -0.1) is 0 Å². The quantitative estimate of drug-likeness (QED) is 0.669. The lowest BCUT2D eigenvalue weighted by atomic mass is 9.97. The number of allylic oxidation sites excluding steroid dienone is 1. The Morgan fingerprint density at radius 3 is 2.83 bits per heavy atom. The van der Waals surface area contributed by atoms with Crippen molar-refractivity contribution in [2.24, 2.45) is 5.92 Å². The zero-order valence-electron chi connectivity index (χ0n) is 14.9. The maximum absolute atomic E-state index is 12.0. The standard InChI is InChI=1S/C20H30N2O2/c1-16(2)15-24-19-11-7-6-10-18(19)22-14-20(23)21-13-12-17-8-4-3-5-9-17/h6-8,10-11,16,22H,3-5,9,12-15H2,1-2H3,(H,21,23). The lowest BCUT2D eigenvalue weighted by Gasteiger charge is -2.15. The van der Waals surface area contributed by atoms with E-state index in [1.54, 1.807) is 0 Å². The Hall–Kier alpha value is -1.97. The van der Waals surface area contributed by atoms with Gasteiger partial charge >= 0.3 is 0 Å². The van der Waals surface area contributed by atoms with Crippen molar-refractivity contribution in [2.75, 3.05) is 25.0 Å². The molecule has 4 heteroatoms. The molecule has 1 aromatic rings. The van der Waals surface area contributed by atoms with Gasteiger partial charge in [0, 0.05) is 6.54 Å². The second kappa shape index (κ2) is 10.0. The number of para-hydroxylation sites is 2. The second-order valence-electron chi connectivity index (χ2n) is 6.76. The van der Waals surface area contributed by atoms with Crippen LogP contribution in [0.1, 0.15) is 46.0 Å². The summed E-state index contributed by atoms with van der Waals surface area (Å²) < 4.78 is 5.79. The van der Waals surface area contributed by atoms with E-state index < -0.39 is 0 Å². The zero-order valence-corrected chi connectivity index (χ0v) is 14.9. The first-order valence-corrected chi connectivity index (χ1v) is 9.05. The van der Waals surface area contributed by atoms with Crippen molar-refractivity contribution in [3.8, 4) is 5.75 Å². The highest BCUT2D eigenvalue weighted by atomic mass is 16.5. The first-order valence-electron chi connectivity index (χ1n) is 9.05. The molecule has 132 valence electrons. The fourth-order valence-electron chi connectivity index (χ4n) is 2.73. The topological polar surface area (TPSA) is 50.4 Å². The van der Waals surface area contributed by atoms with Gasteiger partial charge in [0.05, 0.1) is 18.8 Å². The largest absolute Gasteiger partial charge is 0.491 e. The van der Waals surface area contributed by atoms with Crippen LogP contribution in [0.15, 0.2) is 35.9 Å². The molecule has 0 saturated carbocycles. The van der Waals surface area contributed by atoms with Crippen LogP contribution < -0.4 is 15.4 Å². The van der Waals surface area contributed by atoms with E-state index in [1.807, 2.05) is 24.3 Å². The summed E-state index contributed by atoms with van der Waals surface area (Å²) in [5.74, 6) is 1.28. The van der Waals surface area contributed by atoms with E-state index in [9.17, 15) is 4.79 Å².